The fourth-order valence-corrected chi connectivity index (χ4v) is 0. The van der Waals surface area contributed by atoms with Crippen molar-refractivity contribution in [2.24, 2.45) is 0 Å². The Balaban J connectivity index is -0.000000000833. The van der Waals surface area contributed by atoms with Gasteiger partial charge in [0.2, 0.25) is 0 Å². The Morgan fingerprint density at radius 3 is 1.00 bits per heavy atom. The molecule has 0 atom stereocenters. The van der Waals surface area contributed by atoms with Crippen LogP contribution in [-0.4, -0.2) is 0 Å². The van der Waals surface area contributed by atoms with Crippen LogP contribution in [0.2, 0.25) is 0 Å². The zero-order chi connectivity index (χ0) is 2.00. The van der Waals surface area contributed by atoms with Crippen LogP contribution in [0, 0.1) is 0 Å². The Hall–Kier alpha value is 0.935. The Morgan fingerprint density at radius 1 is 1.00 bits per heavy atom. The van der Waals surface area contributed by atoms with E-state index in [-0.39, 0.29) is 40.6 Å². The van der Waals surface area contributed by atoms with Crippen molar-refractivity contribution < 1.29 is 40.6 Å². The first-order chi connectivity index (χ1) is 1.00. The van der Waals surface area contributed by atoms with Crippen molar-refractivity contribution >= 4 is 0 Å². The molecule has 0 spiro atoms. The summed E-state index contributed by atoms with van der Waals surface area (Å²) < 4.78 is 0. The van der Waals surface area contributed by atoms with Gasteiger partial charge in [0, 0.05) is 0 Å². The molecule has 0 aliphatic carbocycles. The van der Waals surface area contributed by atoms with Gasteiger partial charge in [0.1, 0.15) is 0 Å². The molecule has 0 saturated heterocycles. The topological polar surface area (TPSA) is 0 Å². The average Bonchev–Trinajstić information content (AvgIpc) is 1.00. The molecule has 0 aromatic rings. The van der Waals surface area contributed by atoms with E-state index in [2.05, 4.69) is 13.2 Å². The fourth-order valence-electron chi connectivity index (χ4n) is 0. The maximum atomic E-state index is 3.00. The molecule has 0 unspecified atom stereocenters. The van der Waals surface area contributed by atoms with E-state index in [0.29, 0.717) is 0 Å². The first-order valence-electron chi connectivity index (χ1n) is 0.500. The summed E-state index contributed by atoms with van der Waals surface area (Å²) in [4.78, 5) is 0. The molecular weight excluding hydrogens is 37.9 g/mol. The standard InChI is InChI=1S/C2H4.2Li.2H/c1-2;;;;/h1-2H2;;;;/q;2*+1;2*-1. The van der Waals surface area contributed by atoms with Gasteiger partial charge in [-0.05, 0) is 0 Å². The predicted molar refractivity (Wildman–Crippen MR) is 13.5 cm³/mol. The summed E-state index contributed by atoms with van der Waals surface area (Å²) in [5, 5.41) is 0. The van der Waals surface area contributed by atoms with Crippen LogP contribution >= 0.6 is 0 Å². The largest absolute Gasteiger partial charge is 1.00 e. The minimum absolute atomic E-state index is 0. The molecule has 0 amide bonds. The van der Waals surface area contributed by atoms with Gasteiger partial charge >= 0.3 is 37.7 Å². The van der Waals surface area contributed by atoms with Crippen molar-refractivity contribution in [1.82, 2.24) is 0 Å². The van der Waals surface area contributed by atoms with Crippen molar-refractivity contribution in [3.05, 3.63) is 13.2 Å². The molecule has 0 aliphatic rings. The SMILES string of the molecule is C=C.[H-].[H-].[Li+].[Li+]. The van der Waals surface area contributed by atoms with Gasteiger partial charge < -0.3 is 2.85 Å². The van der Waals surface area contributed by atoms with E-state index in [0.717, 1.165) is 0 Å². The monoisotopic (exact) mass is 44.1 g/mol. The Labute approximate surface area is 54.0 Å². The summed E-state index contributed by atoms with van der Waals surface area (Å²) in [6, 6.07) is 0. The molecule has 0 N–H and O–H groups in total. The van der Waals surface area contributed by atoms with Crippen molar-refractivity contribution in [2.75, 3.05) is 0 Å². The van der Waals surface area contributed by atoms with Crippen molar-refractivity contribution in [3.63, 3.8) is 0 Å². The van der Waals surface area contributed by atoms with Crippen LogP contribution in [0.3, 0.4) is 0 Å². The predicted octanol–water partition coefficient (Wildman–Crippen LogP) is -4.96. The molecule has 4 heavy (non-hydrogen) atoms. The number of hydrogen-bond donors (Lipinski definition) is 0. The first kappa shape index (κ1) is 20.4. The van der Waals surface area contributed by atoms with E-state index in [1.807, 2.05) is 0 Å². The van der Waals surface area contributed by atoms with Crippen LogP contribution in [0.15, 0.2) is 13.2 Å². The third kappa shape index (κ3) is 12.6. The maximum Gasteiger partial charge on any atom is 1.00 e. The molecule has 0 saturated carbocycles. The maximum absolute atomic E-state index is 3.00. The summed E-state index contributed by atoms with van der Waals surface area (Å²) in [6.07, 6.45) is 0. The van der Waals surface area contributed by atoms with Gasteiger partial charge in [0.15, 0.2) is 0 Å². The van der Waals surface area contributed by atoms with Crippen LogP contribution in [0.1, 0.15) is 2.85 Å². The van der Waals surface area contributed by atoms with E-state index in [4.69, 9.17) is 0 Å². The van der Waals surface area contributed by atoms with Gasteiger partial charge in [0.25, 0.3) is 0 Å². The second kappa shape index (κ2) is 38.8. The summed E-state index contributed by atoms with van der Waals surface area (Å²) >= 11 is 0. The molecule has 16 valence electrons. The van der Waals surface area contributed by atoms with Gasteiger partial charge in [-0.25, -0.2) is 0 Å². The van der Waals surface area contributed by atoms with Crippen LogP contribution in [-0.2, 0) is 0 Å². The summed E-state index contributed by atoms with van der Waals surface area (Å²) in [5.74, 6) is 0. The third-order valence-corrected chi connectivity index (χ3v) is 0. The summed E-state index contributed by atoms with van der Waals surface area (Å²) in [7, 11) is 0. The molecule has 0 fully saturated rings. The van der Waals surface area contributed by atoms with Crippen molar-refractivity contribution in [3.8, 4) is 0 Å². The molecule has 0 aromatic heterocycles. The average molecular weight is 44.0 g/mol. The van der Waals surface area contributed by atoms with Gasteiger partial charge in [-0.2, -0.15) is 0 Å². The molecular formula is C2H6Li2. The molecule has 0 aromatic carbocycles. The normalized spacial score (nSPS) is 1.00. The van der Waals surface area contributed by atoms with Gasteiger partial charge in [0.05, 0.1) is 0 Å². The summed E-state index contributed by atoms with van der Waals surface area (Å²) in [5.41, 5.74) is 0. The van der Waals surface area contributed by atoms with E-state index in [1.54, 1.807) is 0 Å². The fraction of sp³-hybridized carbons (Fsp3) is 0. The molecule has 0 rings (SSSR count). The molecule has 0 aliphatic heterocycles. The van der Waals surface area contributed by atoms with E-state index >= 15 is 0 Å². The minimum atomic E-state index is 0. The van der Waals surface area contributed by atoms with Crippen molar-refractivity contribution in [1.29, 1.82) is 0 Å². The van der Waals surface area contributed by atoms with Crippen LogP contribution < -0.4 is 37.7 Å². The van der Waals surface area contributed by atoms with E-state index in [1.165, 1.54) is 0 Å². The molecule has 0 nitrogen and oxygen atoms in total. The van der Waals surface area contributed by atoms with Crippen molar-refractivity contribution in [2.45, 2.75) is 0 Å². The zero-order valence-corrected chi connectivity index (χ0v) is 3.41. The van der Waals surface area contributed by atoms with Gasteiger partial charge in [-0.3, -0.25) is 0 Å². The van der Waals surface area contributed by atoms with E-state index in [9.17, 15) is 0 Å². The Morgan fingerprint density at radius 2 is 1.00 bits per heavy atom. The molecule has 0 radical (unpaired) electrons. The van der Waals surface area contributed by atoms with Crippen LogP contribution in [0.5, 0.6) is 0 Å². The van der Waals surface area contributed by atoms with Crippen LogP contribution in [0.4, 0.5) is 0 Å². The Bertz CT molecular complexity index is 9.51. The van der Waals surface area contributed by atoms with E-state index < -0.39 is 0 Å². The molecule has 0 heterocycles. The van der Waals surface area contributed by atoms with Crippen LogP contribution in [0.25, 0.3) is 0 Å². The second-order valence-electron chi connectivity index (χ2n) is 0. The second-order valence-corrected chi connectivity index (χ2v) is 0. The number of rotatable bonds is 0. The number of hydrogen-bond acceptors (Lipinski definition) is 0. The summed E-state index contributed by atoms with van der Waals surface area (Å²) in [6.45, 7) is 6.00. The molecule has 2 heteroatoms. The Kier molecular flexibility index (Phi) is 198. The third-order valence-electron chi connectivity index (χ3n) is 0. The van der Waals surface area contributed by atoms with Gasteiger partial charge in [-0.1, -0.05) is 0 Å². The smallest absolute Gasteiger partial charge is 1.00 e. The molecule has 0 bridgehead atoms. The quantitative estimate of drug-likeness (QED) is 0.189. The minimum Gasteiger partial charge on any atom is -1.00 e. The zero-order valence-electron chi connectivity index (χ0n) is 5.41. The first-order valence-corrected chi connectivity index (χ1v) is 0.500. The van der Waals surface area contributed by atoms with Gasteiger partial charge in [-0.15, -0.1) is 13.2 Å².